The third-order valence-electron chi connectivity index (χ3n) is 2.40. The minimum Gasteiger partial charge on any atom is -0.504 e. The molecule has 0 aliphatic heterocycles. The molecule has 0 saturated heterocycles. The number of phenols is 1. The zero-order valence-electron chi connectivity index (χ0n) is 9.77. The summed E-state index contributed by atoms with van der Waals surface area (Å²) in [5.41, 5.74) is -0.403. The van der Waals surface area contributed by atoms with E-state index in [9.17, 15) is 22.3 Å². The lowest BCUT2D eigenvalue weighted by molar-refractivity contribution is 0.476. The molecule has 8 heteroatoms. The normalized spacial score (nSPS) is 11.3. The number of phenolic OH excluding ortho intramolecular Hbond substituents is 1. The second-order valence-electron chi connectivity index (χ2n) is 3.84. The van der Waals surface area contributed by atoms with Crippen LogP contribution in [0.3, 0.4) is 0 Å². The van der Waals surface area contributed by atoms with E-state index in [1.807, 2.05) is 4.72 Å². The molecule has 4 nitrogen and oxygen atoms in total. The highest BCUT2D eigenvalue weighted by Crippen LogP contribution is 2.34. The highest BCUT2D eigenvalue weighted by Gasteiger charge is 2.18. The van der Waals surface area contributed by atoms with Gasteiger partial charge in [-0.15, -0.1) is 0 Å². The van der Waals surface area contributed by atoms with Crippen LogP contribution in [-0.4, -0.2) is 13.5 Å². The first-order chi connectivity index (χ1) is 9.29. The molecule has 0 radical (unpaired) electrons. The molecule has 0 bridgehead atoms. The molecule has 2 aromatic rings. The van der Waals surface area contributed by atoms with Crippen molar-refractivity contribution in [3.63, 3.8) is 0 Å². The zero-order valence-corrected chi connectivity index (χ0v) is 11.3. The summed E-state index contributed by atoms with van der Waals surface area (Å²) in [6.45, 7) is 0. The van der Waals surface area contributed by atoms with Gasteiger partial charge in [0, 0.05) is 6.07 Å². The van der Waals surface area contributed by atoms with Crippen LogP contribution in [0.25, 0.3) is 0 Å². The molecule has 0 fully saturated rings. The van der Waals surface area contributed by atoms with E-state index in [1.165, 1.54) is 0 Å². The van der Waals surface area contributed by atoms with Gasteiger partial charge in [-0.2, -0.15) is 0 Å². The van der Waals surface area contributed by atoms with Crippen molar-refractivity contribution in [1.29, 1.82) is 0 Å². The molecular weight excluding hydrogens is 312 g/mol. The van der Waals surface area contributed by atoms with Gasteiger partial charge in [0.05, 0.1) is 15.6 Å². The zero-order chi connectivity index (χ0) is 14.9. The van der Waals surface area contributed by atoms with E-state index >= 15 is 0 Å². The van der Waals surface area contributed by atoms with Gasteiger partial charge in [-0.3, -0.25) is 4.72 Å². The maximum absolute atomic E-state index is 13.2. The van der Waals surface area contributed by atoms with Crippen molar-refractivity contribution < 1.29 is 22.3 Å². The first kappa shape index (κ1) is 14.5. The molecule has 0 amide bonds. The summed E-state index contributed by atoms with van der Waals surface area (Å²) in [7, 11) is -4.09. The van der Waals surface area contributed by atoms with Crippen molar-refractivity contribution in [1.82, 2.24) is 0 Å². The van der Waals surface area contributed by atoms with Crippen LogP contribution in [0.1, 0.15) is 0 Å². The van der Waals surface area contributed by atoms with Crippen LogP contribution in [0, 0.1) is 11.6 Å². The predicted molar refractivity (Wildman–Crippen MR) is 70.3 cm³/mol. The Kier molecular flexibility index (Phi) is 3.82. The van der Waals surface area contributed by atoms with Gasteiger partial charge in [0.15, 0.2) is 5.75 Å². The molecule has 0 unspecified atom stereocenters. The number of aromatic hydroxyl groups is 1. The summed E-state index contributed by atoms with van der Waals surface area (Å²) >= 11 is 5.54. The van der Waals surface area contributed by atoms with Gasteiger partial charge < -0.3 is 5.11 Å². The Bertz CT molecular complexity index is 748. The van der Waals surface area contributed by atoms with Crippen molar-refractivity contribution >= 4 is 27.3 Å². The lowest BCUT2D eigenvalue weighted by atomic mass is 10.3. The highest BCUT2D eigenvalue weighted by molar-refractivity contribution is 7.92. The Hall–Kier alpha value is -1.86. The van der Waals surface area contributed by atoms with E-state index in [2.05, 4.69) is 0 Å². The third-order valence-corrected chi connectivity index (χ3v) is 4.07. The second kappa shape index (κ2) is 5.26. The van der Waals surface area contributed by atoms with E-state index in [-0.39, 0.29) is 9.92 Å². The van der Waals surface area contributed by atoms with E-state index in [0.29, 0.717) is 0 Å². The smallest absolute Gasteiger partial charge is 0.262 e. The number of halogens is 3. The predicted octanol–water partition coefficient (Wildman–Crippen LogP) is 3.12. The van der Waals surface area contributed by atoms with Gasteiger partial charge in [0.2, 0.25) is 0 Å². The molecule has 0 saturated carbocycles. The molecule has 0 aromatic heterocycles. The number of nitrogens with one attached hydrogen (secondary N) is 1. The second-order valence-corrected chi connectivity index (χ2v) is 5.93. The largest absolute Gasteiger partial charge is 0.504 e. The minimum atomic E-state index is -4.09. The first-order valence-corrected chi connectivity index (χ1v) is 7.12. The van der Waals surface area contributed by atoms with Crippen LogP contribution in [-0.2, 0) is 10.0 Å². The van der Waals surface area contributed by atoms with Crippen LogP contribution < -0.4 is 4.72 Å². The van der Waals surface area contributed by atoms with Crippen LogP contribution in [0.4, 0.5) is 14.5 Å². The van der Waals surface area contributed by atoms with Gasteiger partial charge in [-0.1, -0.05) is 11.6 Å². The number of rotatable bonds is 3. The topological polar surface area (TPSA) is 66.4 Å². The van der Waals surface area contributed by atoms with E-state index < -0.39 is 33.1 Å². The number of benzene rings is 2. The van der Waals surface area contributed by atoms with Gasteiger partial charge in [-0.25, -0.2) is 17.2 Å². The molecule has 2 aromatic carbocycles. The average Bonchev–Trinajstić information content (AvgIpc) is 2.35. The van der Waals surface area contributed by atoms with Crippen LogP contribution in [0.15, 0.2) is 41.3 Å². The maximum atomic E-state index is 13.2. The van der Waals surface area contributed by atoms with E-state index in [0.717, 1.165) is 36.4 Å². The molecule has 0 aliphatic carbocycles. The molecule has 0 atom stereocenters. The lowest BCUT2D eigenvalue weighted by Gasteiger charge is -2.10. The molecule has 2 N–H and O–H groups in total. The molecule has 0 spiro atoms. The molecule has 0 aliphatic rings. The fraction of sp³-hybridized carbons (Fsp3) is 0. The maximum Gasteiger partial charge on any atom is 0.262 e. The number of hydrogen-bond acceptors (Lipinski definition) is 3. The van der Waals surface area contributed by atoms with E-state index in [1.54, 1.807) is 0 Å². The Morgan fingerprint density at radius 1 is 1.05 bits per heavy atom. The van der Waals surface area contributed by atoms with Crippen molar-refractivity contribution in [3.05, 3.63) is 53.1 Å². The standard InChI is InChI=1S/C12H8ClF2NO3S/c13-10-5-8(15)6-11(12(10)17)16-20(18,19)9-3-1-7(14)2-4-9/h1-6,16-17H. The van der Waals surface area contributed by atoms with Crippen LogP contribution in [0.5, 0.6) is 5.75 Å². The Morgan fingerprint density at radius 2 is 1.65 bits per heavy atom. The quantitative estimate of drug-likeness (QED) is 0.854. The molecular formula is C12H8ClF2NO3S. The lowest BCUT2D eigenvalue weighted by Crippen LogP contribution is -2.13. The summed E-state index contributed by atoms with van der Waals surface area (Å²) < 4.78 is 51.8. The van der Waals surface area contributed by atoms with Crippen LogP contribution >= 0.6 is 11.6 Å². The monoisotopic (exact) mass is 319 g/mol. The van der Waals surface area contributed by atoms with Crippen molar-refractivity contribution in [3.8, 4) is 5.75 Å². The average molecular weight is 320 g/mol. The molecule has 2 rings (SSSR count). The summed E-state index contributed by atoms with van der Waals surface area (Å²) in [5.74, 6) is -2.01. The summed E-state index contributed by atoms with van der Waals surface area (Å²) in [6.07, 6.45) is 0. The van der Waals surface area contributed by atoms with Crippen LogP contribution in [0.2, 0.25) is 5.02 Å². The third kappa shape index (κ3) is 3.00. The number of hydrogen-bond donors (Lipinski definition) is 2. The van der Waals surface area contributed by atoms with Gasteiger partial charge >= 0.3 is 0 Å². The molecule has 0 heterocycles. The molecule has 20 heavy (non-hydrogen) atoms. The Balaban J connectivity index is 2.41. The van der Waals surface area contributed by atoms with E-state index in [4.69, 9.17) is 11.6 Å². The highest BCUT2D eigenvalue weighted by atomic mass is 35.5. The fourth-order valence-corrected chi connectivity index (χ4v) is 2.72. The molecule has 106 valence electrons. The fourth-order valence-electron chi connectivity index (χ4n) is 1.46. The Morgan fingerprint density at radius 3 is 2.25 bits per heavy atom. The van der Waals surface area contributed by atoms with Gasteiger partial charge in [0.25, 0.3) is 10.0 Å². The SMILES string of the molecule is O=S(=O)(Nc1cc(F)cc(Cl)c1O)c1ccc(F)cc1. The Labute approximate surface area is 118 Å². The van der Waals surface area contributed by atoms with Gasteiger partial charge in [0.1, 0.15) is 11.6 Å². The van der Waals surface area contributed by atoms with Crippen molar-refractivity contribution in [2.75, 3.05) is 4.72 Å². The summed E-state index contributed by atoms with van der Waals surface area (Å²) in [6, 6.07) is 5.63. The number of sulfonamides is 1. The number of anilines is 1. The van der Waals surface area contributed by atoms with Crippen molar-refractivity contribution in [2.24, 2.45) is 0 Å². The van der Waals surface area contributed by atoms with Crippen molar-refractivity contribution in [2.45, 2.75) is 4.90 Å². The summed E-state index contributed by atoms with van der Waals surface area (Å²) in [5, 5.41) is 9.26. The minimum absolute atomic E-state index is 0.237. The first-order valence-electron chi connectivity index (χ1n) is 5.26. The van der Waals surface area contributed by atoms with Gasteiger partial charge in [-0.05, 0) is 30.3 Å². The summed E-state index contributed by atoms with van der Waals surface area (Å²) in [4.78, 5) is -0.237.